The summed E-state index contributed by atoms with van der Waals surface area (Å²) < 4.78 is 15.8. The Morgan fingerprint density at radius 1 is 1.23 bits per heavy atom. The molecule has 1 heterocycles. The highest BCUT2D eigenvalue weighted by Crippen LogP contribution is 2.26. The molecule has 1 N–H and O–H groups in total. The van der Waals surface area contributed by atoms with Gasteiger partial charge in [0.25, 0.3) is 5.91 Å². The number of carbonyl (C=O) groups excluding carboxylic acids is 3. The number of hydrogen-bond acceptors (Lipinski definition) is 6. The Labute approximate surface area is 152 Å². The smallest absolute Gasteiger partial charge is 0.308 e. The summed E-state index contributed by atoms with van der Waals surface area (Å²) in [5.74, 6) is -0.283. The van der Waals surface area contributed by atoms with E-state index in [0.29, 0.717) is 31.2 Å². The summed E-state index contributed by atoms with van der Waals surface area (Å²) in [6.45, 7) is 2.93. The van der Waals surface area contributed by atoms with E-state index in [9.17, 15) is 14.4 Å². The van der Waals surface area contributed by atoms with E-state index in [1.165, 1.54) is 12.0 Å². The molecule has 1 aromatic carbocycles. The zero-order valence-corrected chi connectivity index (χ0v) is 15.0. The fraction of sp³-hybridized carbons (Fsp3) is 0.500. The maximum Gasteiger partial charge on any atom is 0.308 e. The van der Waals surface area contributed by atoms with Crippen LogP contribution in [0, 0.1) is 0 Å². The van der Waals surface area contributed by atoms with Gasteiger partial charge in [-0.2, -0.15) is 0 Å². The van der Waals surface area contributed by atoms with E-state index in [1.54, 1.807) is 18.2 Å². The van der Waals surface area contributed by atoms with Gasteiger partial charge in [-0.1, -0.05) is 19.1 Å². The van der Waals surface area contributed by atoms with E-state index in [4.69, 9.17) is 9.47 Å². The normalized spacial score (nSPS) is 16.6. The number of amides is 2. The number of esters is 1. The number of hydrogen-bond donors (Lipinski definition) is 1. The van der Waals surface area contributed by atoms with Crippen molar-refractivity contribution >= 4 is 17.8 Å². The second kappa shape index (κ2) is 9.65. The van der Waals surface area contributed by atoms with Crippen LogP contribution in [0.25, 0.3) is 0 Å². The number of piperazine rings is 1. The van der Waals surface area contributed by atoms with Gasteiger partial charge >= 0.3 is 5.97 Å². The quantitative estimate of drug-likeness (QED) is 0.684. The average Bonchev–Trinajstić information content (AvgIpc) is 2.66. The van der Waals surface area contributed by atoms with Gasteiger partial charge in [-0.05, 0) is 18.6 Å². The largest absolute Gasteiger partial charge is 0.490 e. The van der Waals surface area contributed by atoms with Crippen LogP contribution in [0.5, 0.6) is 11.5 Å². The maximum absolute atomic E-state index is 12.6. The average molecular weight is 364 g/mol. The predicted molar refractivity (Wildman–Crippen MR) is 92.9 cm³/mol. The second-order valence-electron chi connectivity index (χ2n) is 5.76. The standard InChI is InChI=1S/C18H24N2O6/c1-3-10-25-14-6-4-5-7-15(14)26-12-16(21)20-9-8-19-18(23)13(20)11-17(22)24-2/h4-7,13H,3,8-12H2,1-2H3,(H,19,23)/t13-/m1/s1. The van der Waals surface area contributed by atoms with Gasteiger partial charge in [-0.15, -0.1) is 0 Å². The topological polar surface area (TPSA) is 94.2 Å². The lowest BCUT2D eigenvalue weighted by Gasteiger charge is -2.34. The van der Waals surface area contributed by atoms with Gasteiger partial charge in [0.2, 0.25) is 5.91 Å². The van der Waals surface area contributed by atoms with Gasteiger partial charge in [0.15, 0.2) is 18.1 Å². The molecule has 1 aliphatic rings. The molecule has 8 heteroatoms. The van der Waals surface area contributed by atoms with Gasteiger partial charge in [0.05, 0.1) is 20.1 Å². The van der Waals surface area contributed by atoms with E-state index in [2.05, 4.69) is 10.1 Å². The summed E-state index contributed by atoms with van der Waals surface area (Å²) in [6.07, 6.45) is 0.662. The summed E-state index contributed by atoms with van der Waals surface area (Å²) in [5.41, 5.74) is 0. The van der Waals surface area contributed by atoms with Crippen LogP contribution in [0.1, 0.15) is 19.8 Å². The van der Waals surface area contributed by atoms with Crippen molar-refractivity contribution in [3.63, 3.8) is 0 Å². The number of carbonyl (C=O) groups is 3. The van der Waals surface area contributed by atoms with E-state index in [0.717, 1.165) is 6.42 Å². The first-order valence-electron chi connectivity index (χ1n) is 8.55. The van der Waals surface area contributed by atoms with Crippen LogP contribution in [-0.4, -0.2) is 62.1 Å². The lowest BCUT2D eigenvalue weighted by Crippen LogP contribution is -2.58. The van der Waals surface area contributed by atoms with Gasteiger partial charge in [-0.25, -0.2) is 0 Å². The molecular formula is C18H24N2O6. The second-order valence-corrected chi connectivity index (χ2v) is 5.76. The van der Waals surface area contributed by atoms with Gasteiger partial charge < -0.3 is 24.4 Å². The van der Waals surface area contributed by atoms with Crippen molar-refractivity contribution in [2.24, 2.45) is 0 Å². The van der Waals surface area contributed by atoms with Crippen LogP contribution in [0.4, 0.5) is 0 Å². The molecule has 1 atom stereocenters. The number of ether oxygens (including phenoxy) is 3. The van der Waals surface area contributed by atoms with E-state index >= 15 is 0 Å². The summed E-state index contributed by atoms with van der Waals surface area (Å²) in [4.78, 5) is 37.5. The Balaban J connectivity index is 2.01. The third-order valence-corrected chi connectivity index (χ3v) is 3.90. The molecule has 0 unspecified atom stereocenters. The minimum atomic E-state index is -0.890. The van der Waals surface area contributed by atoms with Gasteiger partial charge in [0.1, 0.15) is 6.04 Å². The first-order valence-corrected chi connectivity index (χ1v) is 8.55. The summed E-state index contributed by atoms with van der Waals surface area (Å²) >= 11 is 0. The monoisotopic (exact) mass is 364 g/mol. The zero-order chi connectivity index (χ0) is 18.9. The molecule has 142 valence electrons. The third-order valence-electron chi connectivity index (χ3n) is 3.90. The van der Waals surface area contributed by atoms with E-state index in [1.807, 2.05) is 13.0 Å². The molecule has 0 spiro atoms. The highest BCUT2D eigenvalue weighted by Gasteiger charge is 2.35. The minimum absolute atomic E-state index is 0.190. The molecule has 1 aromatic rings. The molecule has 26 heavy (non-hydrogen) atoms. The Bertz CT molecular complexity index is 648. The summed E-state index contributed by atoms with van der Waals surface area (Å²) in [7, 11) is 1.24. The molecule has 0 aromatic heterocycles. The molecular weight excluding hydrogens is 340 g/mol. The van der Waals surface area contributed by atoms with Crippen LogP contribution < -0.4 is 14.8 Å². The Kier molecular flexibility index (Phi) is 7.25. The lowest BCUT2D eigenvalue weighted by molar-refractivity contribution is -0.151. The molecule has 0 aliphatic carbocycles. The van der Waals surface area contributed by atoms with Crippen molar-refractivity contribution in [1.82, 2.24) is 10.2 Å². The van der Waals surface area contributed by atoms with Crippen molar-refractivity contribution in [2.45, 2.75) is 25.8 Å². The molecule has 0 bridgehead atoms. The highest BCUT2D eigenvalue weighted by molar-refractivity contribution is 5.92. The molecule has 1 saturated heterocycles. The first kappa shape index (κ1) is 19.6. The van der Waals surface area contributed by atoms with Crippen molar-refractivity contribution < 1.29 is 28.6 Å². The molecule has 2 rings (SSSR count). The summed E-state index contributed by atoms with van der Waals surface area (Å²) in [5, 5.41) is 2.65. The minimum Gasteiger partial charge on any atom is -0.490 e. The van der Waals surface area contributed by atoms with E-state index < -0.39 is 12.0 Å². The van der Waals surface area contributed by atoms with Crippen LogP contribution in [0.3, 0.4) is 0 Å². The third kappa shape index (κ3) is 5.11. The fourth-order valence-corrected chi connectivity index (χ4v) is 2.58. The Hall–Kier alpha value is -2.77. The molecule has 0 radical (unpaired) electrons. The highest BCUT2D eigenvalue weighted by atomic mass is 16.5. The Morgan fingerprint density at radius 2 is 1.92 bits per heavy atom. The first-order chi connectivity index (χ1) is 12.6. The van der Waals surface area contributed by atoms with E-state index in [-0.39, 0.29) is 24.8 Å². The van der Waals surface area contributed by atoms with Gasteiger partial charge in [-0.3, -0.25) is 14.4 Å². The lowest BCUT2D eigenvalue weighted by atomic mass is 10.1. The maximum atomic E-state index is 12.6. The van der Waals surface area contributed by atoms with Crippen molar-refractivity contribution in [2.75, 3.05) is 33.4 Å². The van der Waals surface area contributed by atoms with Crippen LogP contribution in [0.15, 0.2) is 24.3 Å². The zero-order valence-electron chi connectivity index (χ0n) is 15.0. The molecule has 0 saturated carbocycles. The van der Waals surface area contributed by atoms with Crippen molar-refractivity contribution in [1.29, 1.82) is 0 Å². The number of methoxy groups -OCH3 is 1. The number of benzene rings is 1. The molecule has 8 nitrogen and oxygen atoms in total. The van der Waals surface area contributed by atoms with Crippen molar-refractivity contribution in [3.05, 3.63) is 24.3 Å². The van der Waals surface area contributed by atoms with Crippen LogP contribution in [-0.2, 0) is 19.1 Å². The fourth-order valence-electron chi connectivity index (χ4n) is 2.58. The number of nitrogens with one attached hydrogen (secondary N) is 1. The molecule has 1 aliphatic heterocycles. The SMILES string of the molecule is CCCOc1ccccc1OCC(=O)N1CCNC(=O)[C@H]1CC(=O)OC. The number of para-hydroxylation sites is 2. The predicted octanol–water partition coefficient (Wildman–Crippen LogP) is 0.744. The molecule has 1 fully saturated rings. The Morgan fingerprint density at radius 3 is 2.58 bits per heavy atom. The molecule has 2 amide bonds. The number of rotatable bonds is 8. The van der Waals surface area contributed by atoms with Gasteiger partial charge in [0, 0.05) is 13.1 Å². The number of nitrogens with zero attached hydrogens (tertiary/aromatic N) is 1. The van der Waals surface area contributed by atoms with Crippen LogP contribution >= 0.6 is 0 Å². The summed E-state index contributed by atoms with van der Waals surface area (Å²) in [6, 6.07) is 6.20. The van der Waals surface area contributed by atoms with Crippen LogP contribution in [0.2, 0.25) is 0 Å². The van der Waals surface area contributed by atoms with Crippen molar-refractivity contribution in [3.8, 4) is 11.5 Å².